The van der Waals surface area contributed by atoms with E-state index in [9.17, 15) is 13.2 Å². The Labute approximate surface area is 170 Å². The van der Waals surface area contributed by atoms with Crippen molar-refractivity contribution < 1.29 is 17.9 Å². The summed E-state index contributed by atoms with van der Waals surface area (Å²) in [5.41, 5.74) is 0.469. The molecule has 1 aliphatic rings. The molecule has 1 N–H and O–H groups in total. The molecule has 10 heteroatoms. The number of carbonyl (C=O) groups excluding carboxylic acids is 1. The van der Waals surface area contributed by atoms with Crippen molar-refractivity contribution >= 4 is 27.4 Å². The lowest BCUT2D eigenvalue weighted by Crippen LogP contribution is -2.35. The number of piperidine rings is 1. The Morgan fingerprint density at radius 2 is 1.83 bits per heavy atom. The molecular formula is C19H25N5O4S. The van der Waals surface area contributed by atoms with Crippen LogP contribution < -0.4 is 15.0 Å². The molecule has 0 atom stereocenters. The summed E-state index contributed by atoms with van der Waals surface area (Å²) < 4.78 is 32.9. The lowest BCUT2D eigenvalue weighted by molar-refractivity contribution is 0.102. The highest BCUT2D eigenvalue weighted by Crippen LogP contribution is 2.31. The molecule has 2 aromatic rings. The maximum absolute atomic E-state index is 13.1. The Kier molecular flexibility index (Phi) is 6.33. The van der Waals surface area contributed by atoms with Crippen LogP contribution in [-0.4, -0.2) is 63.1 Å². The van der Waals surface area contributed by atoms with Crippen LogP contribution in [0.25, 0.3) is 0 Å². The number of nitrogens with zero attached hydrogens (tertiary/aromatic N) is 4. The quantitative estimate of drug-likeness (QED) is 0.763. The fraction of sp³-hybridized carbons (Fsp3) is 0.421. The van der Waals surface area contributed by atoms with Gasteiger partial charge in [-0.15, -0.1) is 10.2 Å². The summed E-state index contributed by atoms with van der Waals surface area (Å²) in [4.78, 5) is 14.3. The Morgan fingerprint density at radius 1 is 1.10 bits per heavy atom. The minimum atomic E-state index is -3.72. The second kappa shape index (κ2) is 8.75. The summed E-state index contributed by atoms with van der Waals surface area (Å²) in [6.07, 6.45) is 2.69. The summed E-state index contributed by atoms with van der Waals surface area (Å²) in [6, 6.07) is 7.79. The molecule has 1 saturated heterocycles. The number of hydrogen-bond donors (Lipinski definition) is 1. The van der Waals surface area contributed by atoms with Gasteiger partial charge in [0.25, 0.3) is 5.91 Å². The normalized spacial score (nSPS) is 15.0. The van der Waals surface area contributed by atoms with E-state index in [0.717, 1.165) is 19.3 Å². The van der Waals surface area contributed by atoms with Crippen molar-refractivity contribution in [2.45, 2.75) is 24.2 Å². The molecule has 1 aromatic carbocycles. The van der Waals surface area contributed by atoms with Crippen LogP contribution in [0.4, 0.5) is 11.5 Å². The molecule has 1 aliphatic heterocycles. The molecule has 2 heterocycles. The Morgan fingerprint density at radius 3 is 2.41 bits per heavy atom. The summed E-state index contributed by atoms with van der Waals surface area (Å²) in [6.45, 7) is 0.964. The fourth-order valence-electron chi connectivity index (χ4n) is 3.08. The van der Waals surface area contributed by atoms with Gasteiger partial charge in [0.05, 0.1) is 7.11 Å². The molecule has 1 fully saturated rings. The van der Waals surface area contributed by atoms with E-state index >= 15 is 0 Å². The van der Waals surface area contributed by atoms with Gasteiger partial charge in [0.1, 0.15) is 10.6 Å². The standard InChI is InChI=1S/C19H25N5O4S/c1-23(2)18-10-8-15(21-22-18)19(25)20-14-7-9-16(28-3)17(13-14)29(26,27)24-11-5-4-6-12-24/h7-10,13H,4-6,11-12H2,1-3H3,(H,20,25). The summed E-state index contributed by atoms with van der Waals surface area (Å²) >= 11 is 0. The maximum atomic E-state index is 13.1. The second-order valence-corrected chi connectivity index (χ2v) is 8.86. The molecule has 0 unspecified atom stereocenters. The van der Waals surface area contributed by atoms with Crippen molar-refractivity contribution in [3.63, 3.8) is 0 Å². The molecule has 0 spiro atoms. The number of nitrogens with one attached hydrogen (secondary N) is 1. The number of aromatic nitrogens is 2. The van der Waals surface area contributed by atoms with Crippen LogP contribution in [0.5, 0.6) is 5.75 Å². The molecule has 0 bridgehead atoms. The van der Waals surface area contributed by atoms with Gasteiger partial charge in [-0.2, -0.15) is 4.31 Å². The number of ether oxygens (including phenoxy) is 1. The van der Waals surface area contributed by atoms with Crippen LogP contribution in [0.15, 0.2) is 35.2 Å². The predicted octanol–water partition coefficient (Wildman–Crippen LogP) is 1.98. The lowest BCUT2D eigenvalue weighted by Gasteiger charge is -2.26. The molecule has 1 aromatic heterocycles. The minimum Gasteiger partial charge on any atom is -0.495 e. The van der Waals surface area contributed by atoms with Crippen molar-refractivity contribution in [2.75, 3.05) is 44.5 Å². The van der Waals surface area contributed by atoms with Crippen LogP contribution >= 0.6 is 0 Å². The van der Waals surface area contributed by atoms with Gasteiger partial charge in [-0.3, -0.25) is 4.79 Å². The zero-order valence-electron chi connectivity index (χ0n) is 16.8. The molecule has 0 saturated carbocycles. The Balaban J connectivity index is 1.85. The van der Waals surface area contributed by atoms with E-state index in [1.807, 2.05) is 14.1 Å². The average molecular weight is 420 g/mol. The number of anilines is 2. The van der Waals surface area contributed by atoms with E-state index in [1.165, 1.54) is 23.5 Å². The highest BCUT2D eigenvalue weighted by atomic mass is 32.2. The zero-order valence-corrected chi connectivity index (χ0v) is 17.6. The molecule has 1 amide bonds. The molecule has 156 valence electrons. The number of methoxy groups -OCH3 is 1. The SMILES string of the molecule is COc1ccc(NC(=O)c2ccc(N(C)C)nn2)cc1S(=O)(=O)N1CCCCC1. The molecule has 0 radical (unpaired) electrons. The molecule has 3 rings (SSSR count). The fourth-order valence-corrected chi connectivity index (χ4v) is 4.78. The smallest absolute Gasteiger partial charge is 0.276 e. The minimum absolute atomic E-state index is 0.0359. The number of amides is 1. The van der Waals surface area contributed by atoms with E-state index in [-0.39, 0.29) is 16.3 Å². The molecule has 29 heavy (non-hydrogen) atoms. The van der Waals surface area contributed by atoms with Crippen LogP contribution in [0.2, 0.25) is 0 Å². The van der Waals surface area contributed by atoms with Crippen LogP contribution in [0, 0.1) is 0 Å². The first-order chi connectivity index (χ1) is 13.8. The lowest BCUT2D eigenvalue weighted by atomic mass is 10.2. The summed E-state index contributed by atoms with van der Waals surface area (Å²) in [5.74, 6) is 0.388. The van der Waals surface area contributed by atoms with E-state index in [2.05, 4.69) is 15.5 Å². The van der Waals surface area contributed by atoms with Gasteiger partial charge >= 0.3 is 0 Å². The van der Waals surface area contributed by atoms with E-state index in [0.29, 0.717) is 24.6 Å². The monoisotopic (exact) mass is 419 g/mol. The topological polar surface area (TPSA) is 105 Å². The van der Waals surface area contributed by atoms with Crippen LogP contribution in [0.3, 0.4) is 0 Å². The average Bonchev–Trinajstić information content (AvgIpc) is 2.74. The van der Waals surface area contributed by atoms with Gasteiger partial charge in [-0.1, -0.05) is 6.42 Å². The molecule has 0 aliphatic carbocycles. The number of rotatable bonds is 6. The maximum Gasteiger partial charge on any atom is 0.276 e. The number of carbonyl (C=O) groups is 1. The van der Waals surface area contributed by atoms with Crippen LogP contribution in [-0.2, 0) is 10.0 Å². The van der Waals surface area contributed by atoms with Crippen molar-refractivity contribution in [3.05, 3.63) is 36.0 Å². The first-order valence-corrected chi connectivity index (χ1v) is 10.8. The van der Waals surface area contributed by atoms with E-state index < -0.39 is 15.9 Å². The first-order valence-electron chi connectivity index (χ1n) is 9.33. The largest absolute Gasteiger partial charge is 0.495 e. The van der Waals surface area contributed by atoms with Crippen molar-refractivity contribution in [2.24, 2.45) is 0 Å². The van der Waals surface area contributed by atoms with Crippen molar-refractivity contribution in [1.29, 1.82) is 0 Å². The third-order valence-corrected chi connectivity index (χ3v) is 6.62. The first kappa shape index (κ1) is 21.0. The van der Waals surface area contributed by atoms with Gasteiger partial charge in [0.15, 0.2) is 11.5 Å². The van der Waals surface area contributed by atoms with Gasteiger partial charge in [0.2, 0.25) is 10.0 Å². The number of sulfonamides is 1. The molecule has 9 nitrogen and oxygen atoms in total. The zero-order chi connectivity index (χ0) is 21.0. The Bertz CT molecular complexity index is 971. The predicted molar refractivity (Wildman–Crippen MR) is 110 cm³/mol. The van der Waals surface area contributed by atoms with Crippen molar-refractivity contribution in [3.8, 4) is 5.75 Å². The highest BCUT2D eigenvalue weighted by Gasteiger charge is 2.29. The summed E-state index contributed by atoms with van der Waals surface area (Å²) in [7, 11) is 1.35. The van der Waals surface area contributed by atoms with Crippen LogP contribution in [0.1, 0.15) is 29.8 Å². The highest BCUT2D eigenvalue weighted by molar-refractivity contribution is 7.89. The third-order valence-electron chi connectivity index (χ3n) is 4.70. The number of benzene rings is 1. The van der Waals surface area contributed by atoms with E-state index in [4.69, 9.17) is 4.74 Å². The Hall–Kier alpha value is -2.72. The molecular weight excluding hydrogens is 394 g/mol. The van der Waals surface area contributed by atoms with Gasteiger partial charge < -0.3 is 15.0 Å². The summed E-state index contributed by atoms with van der Waals surface area (Å²) in [5, 5.41) is 10.6. The third kappa shape index (κ3) is 4.65. The van der Waals surface area contributed by atoms with Crippen molar-refractivity contribution in [1.82, 2.24) is 14.5 Å². The van der Waals surface area contributed by atoms with Gasteiger partial charge in [-0.25, -0.2) is 8.42 Å². The second-order valence-electron chi connectivity index (χ2n) is 6.96. The van der Waals surface area contributed by atoms with Gasteiger partial charge in [-0.05, 0) is 43.2 Å². The van der Waals surface area contributed by atoms with Gasteiger partial charge in [0, 0.05) is 32.9 Å². The number of hydrogen-bond acceptors (Lipinski definition) is 7. The van der Waals surface area contributed by atoms with E-state index in [1.54, 1.807) is 23.1 Å².